The van der Waals surface area contributed by atoms with Crippen molar-refractivity contribution in [1.29, 1.82) is 0 Å². The summed E-state index contributed by atoms with van der Waals surface area (Å²) in [5.74, 6) is 0.942. The van der Waals surface area contributed by atoms with Gasteiger partial charge in [-0.3, -0.25) is 4.90 Å². The molecule has 0 amide bonds. The van der Waals surface area contributed by atoms with Crippen LogP contribution in [0.4, 0.5) is 0 Å². The molecule has 18 heavy (non-hydrogen) atoms. The zero-order valence-corrected chi connectivity index (χ0v) is 12.2. The van der Waals surface area contributed by atoms with Gasteiger partial charge in [0.2, 0.25) is 0 Å². The van der Waals surface area contributed by atoms with E-state index in [4.69, 9.17) is 0 Å². The molecular weight excluding hydrogens is 220 g/mol. The highest BCUT2D eigenvalue weighted by atomic mass is 15.3. The van der Waals surface area contributed by atoms with E-state index in [0.717, 1.165) is 36.6 Å². The minimum atomic E-state index is 0.808. The molecule has 3 aliphatic rings. The summed E-state index contributed by atoms with van der Waals surface area (Å²) in [5, 5.41) is 3.69. The average Bonchev–Trinajstić information content (AvgIpc) is 2.62. The second-order valence-corrected chi connectivity index (χ2v) is 6.89. The number of piperidine rings is 1. The molecule has 1 aliphatic carbocycles. The molecule has 2 saturated heterocycles. The van der Waals surface area contributed by atoms with Crippen LogP contribution in [-0.2, 0) is 0 Å². The highest BCUT2D eigenvalue weighted by Gasteiger charge is 2.44. The topological polar surface area (TPSA) is 15.3 Å². The predicted octanol–water partition coefficient (Wildman–Crippen LogP) is 3.17. The maximum Gasteiger partial charge on any atom is 0.0127 e. The summed E-state index contributed by atoms with van der Waals surface area (Å²) in [7, 11) is 0. The molecule has 3 rings (SSSR count). The summed E-state index contributed by atoms with van der Waals surface area (Å²) in [4.78, 5) is 2.97. The third-order valence-corrected chi connectivity index (χ3v) is 5.73. The van der Waals surface area contributed by atoms with Crippen molar-refractivity contribution in [2.24, 2.45) is 5.92 Å². The Morgan fingerprint density at radius 1 is 1.00 bits per heavy atom. The Morgan fingerprint density at radius 3 is 2.28 bits per heavy atom. The zero-order chi connectivity index (χ0) is 12.5. The third-order valence-electron chi connectivity index (χ3n) is 5.73. The standard InChI is InChI=1S/C16H30N2/c1-3-17-13-10-14-8-9-15(11-13)18(14)16-7-5-4-6-12(16)2/h12-17H,3-11H2,1-2H3. The van der Waals surface area contributed by atoms with Gasteiger partial charge in [0.25, 0.3) is 0 Å². The molecule has 1 N–H and O–H groups in total. The highest BCUT2D eigenvalue weighted by molar-refractivity contribution is 5.01. The van der Waals surface area contributed by atoms with Crippen LogP contribution in [0.15, 0.2) is 0 Å². The van der Waals surface area contributed by atoms with Crippen molar-refractivity contribution in [1.82, 2.24) is 10.2 Å². The summed E-state index contributed by atoms with van der Waals surface area (Å²) in [6.45, 7) is 5.89. The number of hydrogen-bond donors (Lipinski definition) is 1. The number of nitrogens with one attached hydrogen (secondary N) is 1. The van der Waals surface area contributed by atoms with Crippen molar-refractivity contribution in [3.63, 3.8) is 0 Å². The molecule has 2 aliphatic heterocycles. The fraction of sp³-hybridized carbons (Fsp3) is 1.00. The summed E-state index contributed by atoms with van der Waals surface area (Å²) in [6.07, 6.45) is 11.6. The maximum atomic E-state index is 3.69. The average molecular weight is 250 g/mol. The molecule has 0 spiro atoms. The molecule has 0 aromatic heterocycles. The van der Waals surface area contributed by atoms with Crippen molar-refractivity contribution in [3.05, 3.63) is 0 Å². The Balaban J connectivity index is 1.67. The molecule has 0 aromatic carbocycles. The number of hydrogen-bond acceptors (Lipinski definition) is 2. The van der Waals surface area contributed by atoms with Crippen molar-refractivity contribution >= 4 is 0 Å². The Morgan fingerprint density at radius 2 is 1.67 bits per heavy atom. The van der Waals surface area contributed by atoms with E-state index in [-0.39, 0.29) is 0 Å². The Hall–Kier alpha value is -0.0800. The van der Waals surface area contributed by atoms with Gasteiger partial charge in [0.15, 0.2) is 0 Å². The van der Waals surface area contributed by atoms with Crippen LogP contribution in [0, 0.1) is 5.92 Å². The van der Waals surface area contributed by atoms with Crippen LogP contribution in [0.2, 0.25) is 0 Å². The molecular formula is C16H30N2. The van der Waals surface area contributed by atoms with Crippen LogP contribution in [0.5, 0.6) is 0 Å². The first-order valence-corrected chi connectivity index (χ1v) is 8.30. The largest absolute Gasteiger partial charge is 0.314 e. The molecule has 2 heteroatoms. The Labute approximate surface area is 113 Å². The van der Waals surface area contributed by atoms with E-state index in [1.54, 1.807) is 0 Å². The Bertz CT molecular complexity index is 264. The van der Waals surface area contributed by atoms with E-state index in [0.29, 0.717) is 0 Å². The summed E-state index contributed by atoms with van der Waals surface area (Å²) >= 11 is 0. The van der Waals surface area contributed by atoms with Gasteiger partial charge in [-0.2, -0.15) is 0 Å². The van der Waals surface area contributed by atoms with Crippen LogP contribution in [0.3, 0.4) is 0 Å². The SMILES string of the molecule is CCNC1CC2CCC(C1)N2C1CCCCC1C. The minimum absolute atomic E-state index is 0.808. The maximum absolute atomic E-state index is 3.69. The van der Waals surface area contributed by atoms with Gasteiger partial charge in [-0.25, -0.2) is 0 Å². The first-order valence-electron chi connectivity index (χ1n) is 8.30. The molecule has 0 radical (unpaired) electrons. The van der Waals surface area contributed by atoms with Crippen molar-refractivity contribution in [2.75, 3.05) is 6.54 Å². The van der Waals surface area contributed by atoms with Gasteiger partial charge in [0.05, 0.1) is 0 Å². The van der Waals surface area contributed by atoms with Crippen LogP contribution in [0.25, 0.3) is 0 Å². The lowest BCUT2D eigenvalue weighted by Crippen LogP contribution is -2.55. The van der Waals surface area contributed by atoms with Crippen LogP contribution >= 0.6 is 0 Å². The molecule has 1 saturated carbocycles. The van der Waals surface area contributed by atoms with E-state index in [1.807, 2.05) is 0 Å². The second kappa shape index (κ2) is 5.50. The summed E-state index contributed by atoms with van der Waals surface area (Å²) in [5.41, 5.74) is 0. The lowest BCUT2D eigenvalue weighted by atomic mass is 9.82. The second-order valence-electron chi connectivity index (χ2n) is 6.89. The fourth-order valence-corrected chi connectivity index (χ4v) is 4.95. The van der Waals surface area contributed by atoms with E-state index >= 15 is 0 Å². The monoisotopic (exact) mass is 250 g/mol. The number of rotatable bonds is 3. The van der Waals surface area contributed by atoms with Gasteiger partial charge in [0, 0.05) is 24.2 Å². The van der Waals surface area contributed by atoms with Gasteiger partial charge in [-0.05, 0) is 51.0 Å². The van der Waals surface area contributed by atoms with Gasteiger partial charge in [-0.1, -0.05) is 26.7 Å². The molecule has 2 heterocycles. The third kappa shape index (κ3) is 2.34. The van der Waals surface area contributed by atoms with Crippen molar-refractivity contribution in [3.8, 4) is 0 Å². The lowest BCUT2D eigenvalue weighted by Gasteiger charge is -2.47. The predicted molar refractivity (Wildman–Crippen MR) is 76.8 cm³/mol. The van der Waals surface area contributed by atoms with E-state index in [1.165, 1.54) is 51.4 Å². The van der Waals surface area contributed by atoms with Crippen LogP contribution < -0.4 is 5.32 Å². The molecule has 3 fully saturated rings. The van der Waals surface area contributed by atoms with E-state index in [9.17, 15) is 0 Å². The first-order chi connectivity index (χ1) is 8.79. The van der Waals surface area contributed by atoms with E-state index in [2.05, 4.69) is 24.1 Å². The highest BCUT2D eigenvalue weighted by Crippen LogP contribution is 2.41. The number of nitrogens with zero attached hydrogens (tertiary/aromatic N) is 1. The van der Waals surface area contributed by atoms with Crippen molar-refractivity contribution < 1.29 is 0 Å². The smallest absolute Gasteiger partial charge is 0.0127 e. The van der Waals surface area contributed by atoms with Crippen LogP contribution in [-0.4, -0.2) is 35.6 Å². The Kier molecular flexibility index (Phi) is 3.95. The van der Waals surface area contributed by atoms with Gasteiger partial charge >= 0.3 is 0 Å². The fourth-order valence-electron chi connectivity index (χ4n) is 4.95. The minimum Gasteiger partial charge on any atom is -0.314 e. The normalized spacial score (nSPS) is 45.3. The molecule has 4 atom stereocenters. The lowest BCUT2D eigenvalue weighted by molar-refractivity contribution is 0.0264. The van der Waals surface area contributed by atoms with Crippen LogP contribution in [0.1, 0.15) is 65.2 Å². The molecule has 0 aromatic rings. The molecule has 2 bridgehead atoms. The molecule has 4 unspecified atom stereocenters. The van der Waals surface area contributed by atoms with Gasteiger partial charge in [-0.15, -0.1) is 0 Å². The number of fused-ring (bicyclic) bond motifs is 2. The van der Waals surface area contributed by atoms with Gasteiger partial charge < -0.3 is 5.32 Å². The quantitative estimate of drug-likeness (QED) is 0.827. The summed E-state index contributed by atoms with van der Waals surface area (Å²) < 4.78 is 0. The zero-order valence-electron chi connectivity index (χ0n) is 12.2. The molecule has 104 valence electrons. The molecule has 2 nitrogen and oxygen atoms in total. The van der Waals surface area contributed by atoms with E-state index < -0.39 is 0 Å². The summed E-state index contributed by atoms with van der Waals surface area (Å²) in [6, 6.07) is 3.53. The van der Waals surface area contributed by atoms with Gasteiger partial charge in [0.1, 0.15) is 0 Å². The first kappa shape index (κ1) is 12.9. The van der Waals surface area contributed by atoms with Crippen molar-refractivity contribution in [2.45, 2.75) is 89.4 Å².